The molecule has 0 radical (unpaired) electrons. The van der Waals surface area contributed by atoms with E-state index in [0.717, 1.165) is 5.75 Å². The molecule has 0 aliphatic rings. The summed E-state index contributed by atoms with van der Waals surface area (Å²) in [4.78, 5) is 11.3. The molecule has 0 aromatic heterocycles. The molecule has 2 N–H and O–H groups in total. The maximum atomic E-state index is 11.3. The molecule has 3 nitrogen and oxygen atoms in total. The summed E-state index contributed by atoms with van der Waals surface area (Å²) < 4.78 is 0. The van der Waals surface area contributed by atoms with Gasteiger partial charge in [-0.3, -0.25) is 4.79 Å². The van der Waals surface area contributed by atoms with Gasteiger partial charge < -0.3 is 10.4 Å². The standard InChI is InChI=1S/C10H13NO2S/c1-14-7-6-10(13)11-8-2-4-9(12)5-3-8/h2-5,12H,6-7H2,1H3,(H,11,13). The van der Waals surface area contributed by atoms with Crippen molar-refractivity contribution >= 4 is 23.4 Å². The van der Waals surface area contributed by atoms with Crippen molar-refractivity contribution in [1.82, 2.24) is 0 Å². The molecular weight excluding hydrogens is 198 g/mol. The van der Waals surface area contributed by atoms with Crippen LogP contribution in [0.4, 0.5) is 5.69 Å². The van der Waals surface area contributed by atoms with E-state index in [1.54, 1.807) is 36.0 Å². The number of aromatic hydroxyl groups is 1. The third-order valence-corrected chi connectivity index (χ3v) is 2.30. The zero-order valence-corrected chi connectivity index (χ0v) is 8.80. The molecular formula is C10H13NO2S. The van der Waals surface area contributed by atoms with Gasteiger partial charge in [0.2, 0.25) is 5.91 Å². The quantitative estimate of drug-likeness (QED) is 0.750. The second-order valence-corrected chi connectivity index (χ2v) is 3.82. The first-order valence-corrected chi connectivity index (χ1v) is 5.69. The minimum atomic E-state index is 0.00467. The van der Waals surface area contributed by atoms with Gasteiger partial charge in [0.15, 0.2) is 0 Å². The second-order valence-electron chi connectivity index (χ2n) is 2.84. The number of thioether (sulfide) groups is 1. The summed E-state index contributed by atoms with van der Waals surface area (Å²) in [5, 5.41) is 11.8. The average Bonchev–Trinajstić information content (AvgIpc) is 2.18. The van der Waals surface area contributed by atoms with Crippen LogP contribution in [0.25, 0.3) is 0 Å². The maximum Gasteiger partial charge on any atom is 0.225 e. The SMILES string of the molecule is CSCCC(=O)Nc1ccc(O)cc1. The predicted octanol–water partition coefficient (Wildman–Crippen LogP) is 2.08. The summed E-state index contributed by atoms with van der Waals surface area (Å²) in [6.07, 6.45) is 2.48. The number of hydrogen-bond acceptors (Lipinski definition) is 3. The number of carbonyl (C=O) groups excluding carboxylic acids is 1. The van der Waals surface area contributed by atoms with Crippen LogP contribution in [-0.2, 0) is 4.79 Å². The zero-order chi connectivity index (χ0) is 10.4. The largest absolute Gasteiger partial charge is 0.508 e. The van der Waals surface area contributed by atoms with Crippen molar-refractivity contribution in [1.29, 1.82) is 0 Å². The minimum Gasteiger partial charge on any atom is -0.508 e. The molecule has 0 saturated carbocycles. The molecule has 1 rings (SSSR count). The fraction of sp³-hybridized carbons (Fsp3) is 0.300. The normalized spacial score (nSPS) is 9.79. The Labute approximate surface area is 87.5 Å². The Kier molecular flexibility index (Phi) is 4.32. The smallest absolute Gasteiger partial charge is 0.225 e. The van der Waals surface area contributed by atoms with Gasteiger partial charge in [-0.05, 0) is 30.5 Å². The Hall–Kier alpha value is -1.16. The maximum absolute atomic E-state index is 11.3. The molecule has 0 aliphatic carbocycles. The molecule has 0 aliphatic heterocycles. The Balaban J connectivity index is 2.44. The van der Waals surface area contributed by atoms with Crippen molar-refractivity contribution in [2.75, 3.05) is 17.3 Å². The number of phenolic OH excluding ortho intramolecular Hbond substituents is 1. The molecule has 0 heterocycles. The first kappa shape index (κ1) is 10.9. The Morgan fingerprint density at radius 3 is 2.64 bits per heavy atom. The van der Waals surface area contributed by atoms with Crippen LogP contribution in [0.3, 0.4) is 0 Å². The highest BCUT2D eigenvalue weighted by Gasteiger charge is 2.00. The number of anilines is 1. The Morgan fingerprint density at radius 1 is 1.43 bits per heavy atom. The fourth-order valence-corrected chi connectivity index (χ4v) is 1.35. The predicted molar refractivity (Wildman–Crippen MR) is 59.7 cm³/mol. The van der Waals surface area contributed by atoms with E-state index >= 15 is 0 Å². The van der Waals surface area contributed by atoms with Gasteiger partial charge in [-0.1, -0.05) is 0 Å². The van der Waals surface area contributed by atoms with Gasteiger partial charge in [0.05, 0.1) is 0 Å². The lowest BCUT2D eigenvalue weighted by atomic mass is 10.3. The van der Waals surface area contributed by atoms with Crippen LogP contribution < -0.4 is 5.32 Å². The first-order chi connectivity index (χ1) is 6.72. The number of carbonyl (C=O) groups is 1. The monoisotopic (exact) mass is 211 g/mol. The molecule has 0 saturated heterocycles. The minimum absolute atomic E-state index is 0.00467. The average molecular weight is 211 g/mol. The van der Waals surface area contributed by atoms with Crippen molar-refractivity contribution in [2.45, 2.75) is 6.42 Å². The highest BCUT2D eigenvalue weighted by atomic mass is 32.2. The zero-order valence-electron chi connectivity index (χ0n) is 7.99. The highest BCUT2D eigenvalue weighted by molar-refractivity contribution is 7.98. The number of benzene rings is 1. The molecule has 0 fully saturated rings. The van der Waals surface area contributed by atoms with Crippen molar-refractivity contribution in [3.63, 3.8) is 0 Å². The molecule has 76 valence electrons. The van der Waals surface area contributed by atoms with Gasteiger partial charge in [0.1, 0.15) is 5.75 Å². The number of amides is 1. The van der Waals surface area contributed by atoms with E-state index in [0.29, 0.717) is 12.1 Å². The first-order valence-electron chi connectivity index (χ1n) is 4.30. The lowest BCUT2D eigenvalue weighted by molar-refractivity contribution is -0.115. The molecule has 0 spiro atoms. The molecule has 0 unspecified atom stereocenters. The Morgan fingerprint density at radius 2 is 2.07 bits per heavy atom. The number of hydrogen-bond donors (Lipinski definition) is 2. The van der Waals surface area contributed by atoms with E-state index in [4.69, 9.17) is 5.11 Å². The van der Waals surface area contributed by atoms with Crippen LogP contribution >= 0.6 is 11.8 Å². The van der Waals surface area contributed by atoms with Crippen molar-refractivity contribution in [2.24, 2.45) is 0 Å². The van der Waals surface area contributed by atoms with Gasteiger partial charge in [-0.2, -0.15) is 11.8 Å². The van der Waals surface area contributed by atoms with Gasteiger partial charge in [-0.15, -0.1) is 0 Å². The van der Waals surface area contributed by atoms with Gasteiger partial charge in [0, 0.05) is 17.9 Å². The van der Waals surface area contributed by atoms with Crippen molar-refractivity contribution < 1.29 is 9.90 Å². The highest BCUT2D eigenvalue weighted by Crippen LogP contribution is 2.13. The number of rotatable bonds is 4. The van der Waals surface area contributed by atoms with Crippen LogP contribution in [0.5, 0.6) is 5.75 Å². The van der Waals surface area contributed by atoms with Crippen LogP contribution in [0.2, 0.25) is 0 Å². The van der Waals surface area contributed by atoms with Gasteiger partial charge in [-0.25, -0.2) is 0 Å². The lowest BCUT2D eigenvalue weighted by Crippen LogP contribution is -2.11. The van der Waals surface area contributed by atoms with Crippen LogP contribution in [0.1, 0.15) is 6.42 Å². The van der Waals surface area contributed by atoms with Crippen molar-refractivity contribution in [3.8, 4) is 5.75 Å². The summed E-state index contributed by atoms with van der Waals surface area (Å²) in [5.41, 5.74) is 0.717. The van der Waals surface area contributed by atoms with E-state index in [-0.39, 0.29) is 11.7 Å². The molecule has 1 aromatic rings. The molecule has 1 amide bonds. The van der Waals surface area contributed by atoms with E-state index < -0.39 is 0 Å². The third-order valence-electron chi connectivity index (χ3n) is 1.68. The fourth-order valence-electron chi connectivity index (χ4n) is 0.963. The molecule has 0 bridgehead atoms. The van der Waals surface area contributed by atoms with E-state index in [2.05, 4.69) is 5.32 Å². The lowest BCUT2D eigenvalue weighted by Gasteiger charge is -2.03. The third kappa shape index (κ3) is 3.70. The Bertz CT molecular complexity index is 297. The van der Waals surface area contributed by atoms with Crippen LogP contribution in [0.15, 0.2) is 24.3 Å². The second kappa shape index (κ2) is 5.54. The van der Waals surface area contributed by atoms with Crippen LogP contribution in [0, 0.1) is 0 Å². The molecule has 4 heteroatoms. The van der Waals surface area contributed by atoms with Gasteiger partial charge in [0.25, 0.3) is 0 Å². The number of phenols is 1. The summed E-state index contributed by atoms with van der Waals surface area (Å²) in [7, 11) is 0. The van der Waals surface area contributed by atoms with E-state index in [9.17, 15) is 4.79 Å². The molecule has 0 atom stereocenters. The summed E-state index contributed by atoms with van der Waals surface area (Å²) >= 11 is 1.64. The molecule has 14 heavy (non-hydrogen) atoms. The molecule has 1 aromatic carbocycles. The number of nitrogens with one attached hydrogen (secondary N) is 1. The van der Waals surface area contributed by atoms with E-state index in [1.807, 2.05) is 6.26 Å². The summed E-state index contributed by atoms with van der Waals surface area (Å²) in [6.45, 7) is 0. The van der Waals surface area contributed by atoms with Gasteiger partial charge >= 0.3 is 0 Å². The topological polar surface area (TPSA) is 49.3 Å². The van der Waals surface area contributed by atoms with Crippen LogP contribution in [-0.4, -0.2) is 23.0 Å². The van der Waals surface area contributed by atoms with E-state index in [1.165, 1.54) is 0 Å². The summed E-state index contributed by atoms with van der Waals surface area (Å²) in [5.74, 6) is 1.03. The summed E-state index contributed by atoms with van der Waals surface area (Å²) in [6, 6.07) is 6.44. The van der Waals surface area contributed by atoms with Crippen molar-refractivity contribution in [3.05, 3.63) is 24.3 Å².